The molecule has 1 atom stereocenters. The quantitative estimate of drug-likeness (QED) is 0.706. The summed E-state index contributed by atoms with van der Waals surface area (Å²) in [6, 6.07) is 16.1. The molecule has 1 fully saturated rings. The Hall–Kier alpha value is -3.28. The first-order valence-electron chi connectivity index (χ1n) is 10.4. The SMILES string of the molecule is Cc1ccc(-c2ccc(N3CCC[C@@H](C(=O)NCc4ccccn4)C3)nn2)cc1C. The van der Waals surface area contributed by atoms with Gasteiger partial charge in [0.15, 0.2) is 5.82 Å². The Bertz CT molecular complexity index is 1000. The normalized spacial score (nSPS) is 16.3. The summed E-state index contributed by atoms with van der Waals surface area (Å²) in [4.78, 5) is 19.1. The largest absolute Gasteiger partial charge is 0.354 e. The van der Waals surface area contributed by atoms with E-state index >= 15 is 0 Å². The third-order valence-electron chi connectivity index (χ3n) is 5.74. The van der Waals surface area contributed by atoms with Gasteiger partial charge in [0.25, 0.3) is 0 Å². The molecule has 0 saturated carbocycles. The van der Waals surface area contributed by atoms with Gasteiger partial charge in [-0.3, -0.25) is 9.78 Å². The summed E-state index contributed by atoms with van der Waals surface area (Å²) < 4.78 is 0. The van der Waals surface area contributed by atoms with E-state index in [-0.39, 0.29) is 11.8 Å². The van der Waals surface area contributed by atoms with E-state index in [9.17, 15) is 4.79 Å². The van der Waals surface area contributed by atoms with Gasteiger partial charge in [-0.05, 0) is 68.1 Å². The maximum absolute atomic E-state index is 12.6. The van der Waals surface area contributed by atoms with Gasteiger partial charge in [-0.1, -0.05) is 18.2 Å². The van der Waals surface area contributed by atoms with Crippen molar-refractivity contribution < 1.29 is 4.79 Å². The molecular weight excluding hydrogens is 374 g/mol. The highest BCUT2D eigenvalue weighted by molar-refractivity contribution is 5.79. The second-order valence-corrected chi connectivity index (χ2v) is 7.90. The fraction of sp³-hybridized carbons (Fsp3) is 0.333. The lowest BCUT2D eigenvalue weighted by molar-refractivity contribution is -0.125. The van der Waals surface area contributed by atoms with Crippen LogP contribution in [0.25, 0.3) is 11.3 Å². The van der Waals surface area contributed by atoms with Gasteiger partial charge in [0, 0.05) is 24.8 Å². The van der Waals surface area contributed by atoms with E-state index in [1.165, 1.54) is 11.1 Å². The van der Waals surface area contributed by atoms with Gasteiger partial charge in [0.2, 0.25) is 5.91 Å². The molecule has 2 aromatic heterocycles. The minimum Gasteiger partial charge on any atom is -0.354 e. The number of rotatable bonds is 5. The highest BCUT2D eigenvalue weighted by Crippen LogP contribution is 2.24. The minimum atomic E-state index is -0.0521. The fourth-order valence-electron chi connectivity index (χ4n) is 3.77. The number of anilines is 1. The fourth-order valence-corrected chi connectivity index (χ4v) is 3.77. The molecule has 0 radical (unpaired) electrons. The molecule has 6 heteroatoms. The molecule has 0 spiro atoms. The molecule has 3 heterocycles. The molecule has 1 saturated heterocycles. The smallest absolute Gasteiger partial charge is 0.225 e. The van der Waals surface area contributed by atoms with E-state index in [1.807, 2.05) is 30.3 Å². The molecule has 1 N–H and O–H groups in total. The average molecular weight is 402 g/mol. The van der Waals surface area contributed by atoms with Crippen LogP contribution >= 0.6 is 0 Å². The third-order valence-corrected chi connectivity index (χ3v) is 5.74. The van der Waals surface area contributed by atoms with Crippen LogP contribution < -0.4 is 10.2 Å². The molecule has 1 aromatic carbocycles. The van der Waals surface area contributed by atoms with Crippen molar-refractivity contribution in [2.24, 2.45) is 5.92 Å². The number of nitrogens with zero attached hydrogens (tertiary/aromatic N) is 4. The Labute approximate surface area is 177 Å². The zero-order valence-corrected chi connectivity index (χ0v) is 17.5. The summed E-state index contributed by atoms with van der Waals surface area (Å²) in [5.74, 6) is 0.846. The number of pyridine rings is 1. The van der Waals surface area contributed by atoms with Crippen LogP contribution in [0.5, 0.6) is 0 Å². The number of aromatic nitrogens is 3. The molecule has 3 aromatic rings. The number of benzene rings is 1. The van der Waals surface area contributed by atoms with Crippen molar-refractivity contribution in [2.45, 2.75) is 33.2 Å². The maximum atomic E-state index is 12.6. The van der Waals surface area contributed by atoms with Gasteiger partial charge in [-0.2, -0.15) is 0 Å². The Morgan fingerprint density at radius 2 is 2.00 bits per heavy atom. The van der Waals surface area contributed by atoms with Crippen molar-refractivity contribution in [2.75, 3.05) is 18.0 Å². The summed E-state index contributed by atoms with van der Waals surface area (Å²) in [6.45, 7) is 6.22. The van der Waals surface area contributed by atoms with Crippen LogP contribution in [0.1, 0.15) is 29.7 Å². The molecule has 0 bridgehead atoms. The van der Waals surface area contributed by atoms with Gasteiger partial charge in [-0.25, -0.2) is 0 Å². The van der Waals surface area contributed by atoms with E-state index in [1.54, 1.807) is 6.20 Å². The molecule has 1 aliphatic heterocycles. The second kappa shape index (κ2) is 9.03. The molecule has 4 rings (SSSR count). The lowest BCUT2D eigenvalue weighted by atomic mass is 9.97. The zero-order valence-electron chi connectivity index (χ0n) is 17.5. The summed E-state index contributed by atoms with van der Waals surface area (Å²) >= 11 is 0. The number of carbonyl (C=O) groups excluding carboxylic acids is 1. The van der Waals surface area contributed by atoms with Gasteiger partial charge in [-0.15, -0.1) is 10.2 Å². The third kappa shape index (κ3) is 4.64. The maximum Gasteiger partial charge on any atom is 0.225 e. The van der Waals surface area contributed by atoms with E-state index < -0.39 is 0 Å². The number of hydrogen-bond donors (Lipinski definition) is 1. The summed E-state index contributed by atoms with van der Waals surface area (Å²) in [6.07, 6.45) is 3.59. The highest BCUT2D eigenvalue weighted by Gasteiger charge is 2.26. The Kier molecular flexibility index (Phi) is 6.02. The first-order valence-corrected chi connectivity index (χ1v) is 10.4. The van der Waals surface area contributed by atoms with Crippen LogP contribution in [0, 0.1) is 19.8 Å². The molecule has 1 amide bonds. The van der Waals surface area contributed by atoms with Crippen molar-refractivity contribution in [3.05, 3.63) is 71.5 Å². The van der Waals surface area contributed by atoms with Crippen LogP contribution in [0.2, 0.25) is 0 Å². The van der Waals surface area contributed by atoms with Gasteiger partial charge in [0.1, 0.15) is 0 Å². The minimum absolute atomic E-state index is 0.0521. The number of piperidine rings is 1. The number of carbonyl (C=O) groups is 1. The molecule has 30 heavy (non-hydrogen) atoms. The van der Waals surface area contributed by atoms with Gasteiger partial charge in [0.05, 0.1) is 23.9 Å². The first-order chi connectivity index (χ1) is 14.6. The topological polar surface area (TPSA) is 71.0 Å². The Morgan fingerprint density at radius 1 is 1.10 bits per heavy atom. The number of hydrogen-bond acceptors (Lipinski definition) is 5. The van der Waals surface area contributed by atoms with Crippen LogP contribution in [0.15, 0.2) is 54.7 Å². The van der Waals surface area contributed by atoms with Crippen molar-refractivity contribution in [3.63, 3.8) is 0 Å². The first kappa shape index (κ1) is 20.0. The van der Waals surface area contributed by atoms with Crippen molar-refractivity contribution in [3.8, 4) is 11.3 Å². The lowest BCUT2D eigenvalue weighted by Gasteiger charge is -2.32. The average Bonchev–Trinajstić information content (AvgIpc) is 2.80. The molecule has 154 valence electrons. The number of nitrogens with one attached hydrogen (secondary N) is 1. The summed E-state index contributed by atoms with van der Waals surface area (Å²) in [5.41, 5.74) is 5.32. The van der Waals surface area contributed by atoms with Crippen LogP contribution in [-0.4, -0.2) is 34.2 Å². The molecule has 0 unspecified atom stereocenters. The van der Waals surface area contributed by atoms with E-state index in [0.29, 0.717) is 13.1 Å². The standard InChI is InChI=1S/C24H27N5O/c1-17-8-9-19(14-18(17)2)22-10-11-23(28-27-22)29-13-5-6-20(16-29)24(30)26-15-21-7-3-4-12-25-21/h3-4,7-12,14,20H,5-6,13,15-16H2,1-2H3,(H,26,30)/t20-/m1/s1. The van der Waals surface area contributed by atoms with Crippen LogP contribution in [0.4, 0.5) is 5.82 Å². The second-order valence-electron chi connectivity index (χ2n) is 7.90. The molecule has 0 aliphatic carbocycles. The summed E-state index contributed by atoms with van der Waals surface area (Å²) in [7, 11) is 0. The molecule has 1 aliphatic rings. The highest BCUT2D eigenvalue weighted by atomic mass is 16.1. The Morgan fingerprint density at radius 3 is 2.73 bits per heavy atom. The van der Waals surface area contributed by atoms with E-state index in [2.05, 4.69) is 57.4 Å². The molecule has 6 nitrogen and oxygen atoms in total. The zero-order chi connectivity index (χ0) is 20.9. The number of aryl methyl sites for hydroxylation is 2. The van der Waals surface area contributed by atoms with Gasteiger partial charge >= 0.3 is 0 Å². The predicted octanol–water partition coefficient (Wildman–Crippen LogP) is 3.69. The monoisotopic (exact) mass is 401 g/mol. The van der Waals surface area contributed by atoms with Crippen LogP contribution in [-0.2, 0) is 11.3 Å². The van der Waals surface area contributed by atoms with Gasteiger partial charge < -0.3 is 10.2 Å². The van der Waals surface area contributed by atoms with E-state index in [0.717, 1.165) is 42.2 Å². The lowest BCUT2D eigenvalue weighted by Crippen LogP contribution is -2.43. The van der Waals surface area contributed by atoms with Crippen molar-refractivity contribution in [1.82, 2.24) is 20.5 Å². The predicted molar refractivity (Wildman–Crippen MR) is 118 cm³/mol. The molecular formula is C24H27N5O. The van der Waals surface area contributed by atoms with Crippen molar-refractivity contribution in [1.29, 1.82) is 0 Å². The van der Waals surface area contributed by atoms with Crippen molar-refractivity contribution >= 4 is 11.7 Å². The van der Waals surface area contributed by atoms with Crippen LogP contribution in [0.3, 0.4) is 0 Å². The summed E-state index contributed by atoms with van der Waals surface area (Å²) in [5, 5.41) is 11.9. The number of amides is 1. The Balaban J connectivity index is 1.39. The van der Waals surface area contributed by atoms with E-state index in [4.69, 9.17) is 0 Å².